The molecule has 0 bridgehead atoms. The van der Waals surface area contributed by atoms with Gasteiger partial charge >= 0.3 is 0 Å². The molecule has 6 nitrogen and oxygen atoms in total. The van der Waals surface area contributed by atoms with Crippen LogP contribution in [0, 0.1) is 12.8 Å². The third-order valence-electron chi connectivity index (χ3n) is 2.97. The topological polar surface area (TPSA) is 108 Å². The molecular weight excluding hydrogens is 290 g/mol. The molecule has 0 heterocycles. The van der Waals surface area contributed by atoms with Gasteiger partial charge in [0.15, 0.2) is 0 Å². The summed E-state index contributed by atoms with van der Waals surface area (Å²) in [4.78, 5) is 12.2. The van der Waals surface area contributed by atoms with Gasteiger partial charge in [0, 0.05) is 0 Å². The summed E-state index contributed by atoms with van der Waals surface area (Å²) in [6, 6.07) is 4.00. The van der Waals surface area contributed by atoms with Crippen LogP contribution >= 0.6 is 0 Å². The molecule has 1 unspecified atom stereocenters. The lowest BCUT2D eigenvalue weighted by molar-refractivity contribution is -0.119. The van der Waals surface area contributed by atoms with Crippen molar-refractivity contribution in [2.45, 2.75) is 38.1 Å². The van der Waals surface area contributed by atoms with E-state index in [-0.39, 0.29) is 10.8 Å². The van der Waals surface area contributed by atoms with Gasteiger partial charge < -0.3 is 10.5 Å². The molecule has 21 heavy (non-hydrogen) atoms. The molecule has 0 aromatic heterocycles. The fraction of sp³-hybridized carbons (Fsp3) is 0.500. The highest BCUT2D eigenvalue weighted by Gasteiger charge is 2.18. The van der Waals surface area contributed by atoms with Gasteiger partial charge in [-0.15, -0.1) is 4.36 Å². The Hall–Kier alpha value is -1.44. The van der Waals surface area contributed by atoms with Gasteiger partial charge in [-0.2, -0.15) is 0 Å². The molecule has 118 valence electrons. The number of nitrogens with two attached hydrogens (primary N) is 2. The molecule has 7 heteroatoms. The number of hydrogen-bond acceptors (Lipinski definition) is 4. The average molecular weight is 313 g/mol. The second-order valence-corrected chi connectivity index (χ2v) is 7.16. The van der Waals surface area contributed by atoms with Crippen LogP contribution in [0.25, 0.3) is 0 Å². The highest BCUT2D eigenvalue weighted by molar-refractivity contribution is 7.91. The molecular formula is C14H23N3O3S. The van der Waals surface area contributed by atoms with Crippen molar-refractivity contribution in [1.29, 1.82) is 0 Å². The molecule has 0 radical (unpaired) electrons. The molecule has 1 aromatic carbocycles. The normalized spacial score (nSPS) is 15.4. The van der Waals surface area contributed by atoms with Crippen molar-refractivity contribution in [1.82, 2.24) is 0 Å². The molecule has 0 aliphatic carbocycles. The van der Waals surface area contributed by atoms with Crippen LogP contribution < -0.4 is 15.6 Å². The first-order valence-corrected chi connectivity index (χ1v) is 8.24. The number of rotatable bonds is 5. The van der Waals surface area contributed by atoms with Crippen LogP contribution in [0.2, 0.25) is 0 Å². The monoisotopic (exact) mass is 313 g/mol. The summed E-state index contributed by atoms with van der Waals surface area (Å²) in [6.45, 7) is 5.68. The van der Waals surface area contributed by atoms with Gasteiger partial charge in [-0.25, -0.2) is 9.35 Å². The zero-order valence-corrected chi connectivity index (χ0v) is 13.6. The minimum atomic E-state index is -3.30. The number of ether oxygens (including phenoxy) is 1. The molecule has 4 N–H and O–H groups in total. The Labute approximate surface area is 126 Å². The number of carbonyl (C=O) groups is 1. The van der Waals surface area contributed by atoms with Crippen LogP contribution in [0.5, 0.6) is 5.75 Å². The maximum absolute atomic E-state index is 12.4. The third kappa shape index (κ3) is 4.80. The lowest BCUT2D eigenvalue weighted by Gasteiger charge is -2.12. The highest BCUT2D eigenvalue weighted by atomic mass is 32.2. The Morgan fingerprint density at radius 3 is 2.52 bits per heavy atom. The van der Waals surface area contributed by atoms with Crippen LogP contribution in [-0.4, -0.2) is 23.3 Å². The number of carbonyl (C=O) groups excluding carboxylic acids is 1. The molecule has 1 rings (SSSR count). The Morgan fingerprint density at radius 2 is 2.05 bits per heavy atom. The standard InChI is InChI=1S/C14H23N3O3S/c1-9(2)7-12(15)14(18)17-21(16,19)11-5-6-13(20-4)10(3)8-11/h5-6,8-9,12H,7,15H2,1-4H3,(H2,16,17,18,19)/t12-,21?/m0/s1. The van der Waals surface area contributed by atoms with Crippen LogP contribution in [0.3, 0.4) is 0 Å². The Balaban J connectivity index is 3.09. The first-order valence-electron chi connectivity index (χ1n) is 6.66. The van der Waals surface area contributed by atoms with E-state index in [2.05, 4.69) is 4.36 Å². The minimum absolute atomic E-state index is 0.246. The summed E-state index contributed by atoms with van der Waals surface area (Å²) in [5.74, 6) is 0.262. The van der Waals surface area contributed by atoms with E-state index in [0.29, 0.717) is 12.2 Å². The third-order valence-corrected chi connectivity index (χ3v) is 4.35. The lowest BCUT2D eigenvalue weighted by atomic mass is 10.0. The van der Waals surface area contributed by atoms with Crippen LogP contribution in [0.15, 0.2) is 27.5 Å². The SMILES string of the molecule is COc1ccc(S(N)(=O)=NC(=O)[C@@H](N)CC(C)C)cc1C. The fourth-order valence-electron chi connectivity index (χ4n) is 1.90. The second kappa shape index (κ2) is 7.02. The number of benzene rings is 1. The van der Waals surface area contributed by atoms with Gasteiger partial charge in [0.1, 0.15) is 15.7 Å². The van der Waals surface area contributed by atoms with Gasteiger partial charge in [0.2, 0.25) is 0 Å². The molecule has 0 saturated carbocycles. The molecule has 0 fully saturated rings. The summed E-state index contributed by atoms with van der Waals surface area (Å²) >= 11 is 0. The van der Waals surface area contributed by atoms with Crippen molar-refractivity contribution in [2.75, 3.05) is 7.11 Å². The van der Waals surface area contributed by atoms with Crippen molar-refractivity contribution in [3.8, 4) is 5.75 Å². The quantitative estimate of drug-likeness (QED) is 0.860. The number of amides is 1. The molecule has 0 spiro atoms. The van der Waals surface area contributed by atoms with Gasteiger partial charge in [-0.3, -0.25) is 4.79 Å². The Morgan fingerprint density at radius 1 is 1.43 bits per heavy atom. The largest absolute Gasteiger partial charge is 0.496 e. The maximum Gasteiger partial charge on any atom is 0.271 e. The van der Waals surface area contributed by atoms with Crippen LogP contribution in [0.4, 0.5) is 0 Å². The van der Waals surface area contributed by atoms with E-state index < -0.39 is 21.9 Å². The van der Waals surface area contributed by atoms with Crippen molar-refractivity contribution >= 4 is 15.8 Å². The first kappa shape index (κ1) is 17.6. The molecule has 1 aromatic rings. The van der Waals surface area contributed by atoms with E-state index in [1.807, 2.05) is 13.8 Å². The number of hydrogen-bond donors (Lipinski definition) is 2. The van der Waals surface area contributed by atoms with E-state index in [4.69, 9.17) is 15.6 Å². The molecule has 1 amide bonds. The van der Waals surface area contributed by atoms with E-state index in [0.717, 1.165) is 5.56 Å². The minimum Gasteiger partial charge on any atom is -0.496 e. The van der Waals surface area contributed by atoms with Gasteiger partial charge in [-0.1, -0.05) is 13.8 Å². The summed E-state index contributed by atoms with van der Waals surface area (Å²) in [5.41, 5.74) is 6.50. The highest BCUT2D eigenvalue weighted by Crippen LogP contribution is 2.21. The Bertz CT molecular complexity index is 634. The Kier molecular flexibility index (Phi) is 5.88. The van der Waals surface area contributed by atoms with Crippen molar-refractivity contribution in [3.63, 3.8) is 0 Å². The summed E-state index contributed by atoms with van der Waals surface area (Å²) < 4.78 is 21.2. The molecule has 2 atom stereocenters. The van der Waals surface area contributed by atoms with Crippen molar-refractivity contribution < 1.29 is 13.7 Å². The predicted octanol–water partition coefficient (Wildman–Crippen LogP) is 1.60. The van der Waals surface area contributed by atoms with Gasteiger partial charge in [0.25, 0.3) is 5.91 Å². The zero-order valence-electron chi connectivity index (χ0n) is 12.8. The summed E-state index contributed by atoms with van der Waals surface area (Å²) in [5, 5.41) is 5.71. The van der Waals surface area contributed by atoms with E-state index >= 15 is 0 Å². The van der Waals surface area contributed by atoms with Crippen LogP contribution in [0.1, 0.15) is 25.8 Å². The number of nitrogens with zero attached hydrogens (tertiary/aromatic N) is 1. The molecule has 0 aliphatic heterocycles. The van der Waals surface area contributed by atoms with Crippen molar-refractivity contribution in [2.24, 2.45) is 21.2 Å². The van der Waals surface area contributed by atoms with E-state index in [1.54, 1.807) is 32.2 Å². The molecule has 0 saturated heterocycles. The smallest absolute Gasteiger partial charge is 0.271 e. The average Bonchev–Trinajstić information content (AvgIpc) is 2.37. The first-order chi connectivity index (χ1) is 9.67. The maximum atomic E-state index is 12.4. The number of methoxy groups -OCH3 is 1. The lowest BCUT2D eigenvalue weighted by Crippen LogP contribution is -2.32. The van der Waals surface area contributed by atoms with Gasteiger partial charge in [0.05, 0.1) is 18.0 Å². The summed E-state index contributed by atoms with van der Waals surface area (Å²) in [6.07, 6.45) is 0.472. The van der Waals surface area contributed by atoms with Crippen molar-refractivity contribution in [3.05, 3.63) is 23.8 Å². The number of aryl methyl sites for hydroxylation is 1. The zero-order chi connectivity index (χ0) is 16.2. The fourth-order valence-corrected chi connectivity index (χ4v) is 3.01. The van der Waals surface area contributed by atoms with E-state index in [9.17, 15) is 9.00 Å². The van der Waals surface area contributed by atoms with Crippen LogP contribution in [-0.2, 0) is 14.7 Å². The predicted molar refractivity (Wildman–Crippen MR) is 83.2 cm³/mol. The molecule has 0 aliphatic rings. The summed E-state index contributed by atoms with van der Waals surface area (Å²) in [7, 11) is -1.76. The van der Waals surface area contributed by atoms with Gasteiger partial charge in [-0.05, 0) is 43.0 Å². The van der Waals surface area contributed by atoms with E-state index in [1.165, 1.54) is 0 Å². The second-order valence-electron chi connectivity index (χ2n) is 5.37.